The van der Waals surface area contributed by atoms with Crippen LogP contribution in [0.25, 0.3) is 6.08 Å². The molecule has 0 saturated heterocycles. The standard InChI is InChI=1S/C20H12ClFO3S/c21-16-3-1-4-17(22)15(16)10-11-18(23)13-6-8-14(9-7-13)25-20(24)19-5-2-12-26-19/h1-12H/b11-10+. The van der Waals surface area contributed by atoms with Gasteiger partial charge < -0.3 is 4.74 Å². The van der Waals surface area contributed by atoms with Crippen molar-refractivity contribution in [3.8, 4) is 5.75 Å². The maximum atomic E-state index is 13.7. The minimum atomic E-state index is -0.502. The van der Waals surface area contributed by atoms with E-state index in [2.05, 4.69) is 0 Å². The van der Waals surface area contributed by atoms with Crippen molar-refractivity contribution < 1.29 is 18.7 Å². The van der Waals surface area contributed by atoms with Crippen molar-refractivity contribution in [1.29, 1.82) is 0 Å². The molecule has 130 valence electrons. The molecule has 0 aliphatic rings. The number of hydrogen-bond acceptors (Lipinski definition) is 4. The third-order valence-electron chi connectivity index (χ3n) is 3.47. The smallest absolute Gasteiger partial charge is 0.353 e. The summed E-state index contributed by atoms with van der Waals surface area (Å²) in [5.74, 6) is -0.938. The van der Waals surface area contributed by atoms with Gasteiger partial charge in [-0.15, -0.1) is 11.3 Å². The van der Waals surface area contributed by atoms with Gasteiger partial charge in [0, 0.05) is 11.1 Å². The topological polar surface area (TPSA) is 43.4 Å². The van der Waals surface area contributed by atoms with Crippen molar-refractivity contribution in [3.05, 3.63) is 92.9 Å². The highest BCUT2D eigenvalue weighted by atomic mass is 35.5. The molecule has 3 aromatic rings. The summed E-state index contributed by atoms with van der Waals surface area (Å²) < 4.78 is 18.9. The van der Waals surface area contributed by atoms with Gasteiger partial charge in [0.1, 0.15) is 16.4 Å². The fourth-order valence-electron chi connectivity index (χ4n) is 2.16. The average Bonchev–Trinajstić information content (AvgIpc) is 3.16. The number of thiophene rings is 1. The van der Waals surface area contributed by atoms with Gasteiger partial charge in [0.25, 0.3) is 0 Å². The van der Waals surface area contributed by atoms with Crippen LogP contribution in [0.2, 0.25) is 5.02 Å². The molecule has 3 nitrogen and oxygen atoms in total. The number of benzene rings is 2. The van der Waals surface area contributed by atoms with Gasteiger partial charge in [-0.1, -0.05) is 23.7 Å². The number of allylic oxidation sites excluding steroid dienone is 1. The molecule has 1 aromatic heterocycles. The third-order valence-corrected chi connectivity index (χ3v) is 4.65. The van der Waals surface area contributed by atoms with Crippen LogP contribution in [0.15, 0.2) is 66.1 Å². The van der Waals surface area contributed by atoms with Crippen LogP contribution in [0, 0.1) is 5.82 Å². The Morgan fingerprint density at radius 3 is 2.46 bits per heavy atom. The second-order valence-corrected chi connectivity index (χ2v) is 6.58. The van der Waals surface area contributed by atoms with E-state index in [1.54, 1.807) is 23.6 Å². The van der Waals surface area contributed by atoms with Gasteiger partial charge in [0.15, 0.2) is 5.78 Å². The molecule has 0 spiro atoms. The summed E-state index contributed by atoms with van der Waals surface area (Å²) in [6.45, 7) is 0. The molecule has 0 aliphatic carbocycles. The highest BCUT2D eigenvalue weighted by molar-refractivity contribution is 7.12. The Bertz CT molecular complexity index is 943. The first-order valence-corrected chi connectivity index (χ1v) is 8.82. The summed E-state index contributed by atoms with van der Waals surface area (Å²) in [6.07, 6.45) is 2.59. The molecule has 0 aliphatic heterocycles. The summed E-state index contributed by atoms with van der Waals surface area (Å²) in [4.78, 5) is 24.6. The van der Waals surface area contributed by atoms with Gasteiger partial charge >= 0.3 is 5.97 Å². The number of carbonyl (C=O) groups is 2. The van der Waals surface area contributed by atoms with Crippen molar-refractivity contribution in [1.82, 2.24) is 0 Å². The van der Waals surface area contributed by atoms with E-state index in [1.807, 2.05) is 0 Å². The molecule has 0 N–H and O–H groups in total. The molecular formula is C20H12ClFO3S. The Hall–Kier alpha value is -2.76. The van der Waals surface area contributed by atoms with E-state index in [-0.39, 0.29) is 16.4 Å². The van der Waals surface area contributed by atoms with E-state index in [4.69, 9.17) is 16.3 Å². The van der Waals surface area contributed by atoms with E-state index in [0.717, 1.165) is 0 Å². The summed E-state index contributed by atoms with van der Waals surface area (Å²) in [6, 6.07) is 13.9. The number of esters is 1. The van der Waals surface area contributed by atoms with E-state index < -0.39 is 11.8 Å². The molecule has 3 rings (SSSR count). The Labute approximate surface area is 158 Å². The molecule has 0 atom stereocenters. The van der Waals surface area contributed by atoms with E-state index in [0.29, 0.717) is 16.2 Å². The van der Waals surface area contributed by atoms with Gasteiger partial charge in [0.2, 0.25) is 0 Å². The zero-order valence-electron chi connectivity index (χ0n) is 13.3. The summed E-state index contributed by atoms with van der Waals surface area (Å²) in [5.41, 5.74) is 0.536. The Kier molecular flexibility index (Phi) is 5.61. The van der Waals surface area contributed by atoms with Crippen LogP contribution in [0.5, 0.6) is 5.75 Å². The summed E-state index contributed by atoms with van der Waals surface area (Å²) in [5, 5.41) is 2.01. The van der Waals surface area contributed by atoms with Crippen LogP contribution in [0.3, 0.4) is 0 Å². The predicted octanol–water partition coefficient (Wildman–Crippen LogP) is 5.66. The lowest BCUT2D eigenvalue weighted by atomic mass is 10.1. The summed E-state index contributed by atoms with van der Waals surface area (Å²) in [7, 11) is 0. The highest BCUT2D eigenvalue weighted by Gasteiger charge is 2.10. The normalized spacial score (nSPS) is 10.8. The maximum absolute atomic E-state index is 13.7. The molecule has 6 heteroatoms. The SMILES string of the molecule is O=C(/C=C/c1c(F)cccc1Cl)c1ccc(OC(=O)c2cccs2)cc1. The average molecular weight is 387 g/mol. The quantitative estimate of drug-likeness (QED) is 0.246. The first-order chi connectivity index (χ1) is 12.5. The van der Waals surface area contributed by atoms with Crippen molar-refractivity contribution in [3.63, 3.8) is 0 Å². The predicted molar refractivity (Wildman–Crippen MR) is 100 cm³/mol. The van der Waals surface area contributed by atoms with Crippen molar-refractivity contribution >= 4 is 40.8 Å². The van der Waals surface area contributed by atoms with Crippen molar-refractivity contribution in [2.24, 2.45) is 0 Å². The van der Waals surface area contributed by atoms with Crippen LogP contribution in [-0.4, -0.2) is 11.8 Å². The number of rotatable bonds is 5. The number of ketones is 1. The molecule has 2 aromatic carbocycles. The van der Waals surface area contributed by atoms with Crippen LogP contribution < -0.4 is 4.74 Å². The lowest BCUT2D eigenvalue weighted by molar-refractivity contribution is 0.0740. The fraction of sp³-hybridized carbons (Fsp3) is 0. The molecule has 26 heavy (non-hydrogen) atoms. The van der Waals surface area contributed by atoms with E-state index >= 15 is 0 Å². The van der Waals surface area contributed by atoms with Crippen LogP contribution in [0.4, 0.5) is 4.39 Å². The Morgan fingerprint density at radius 2 is 1.81 bits per heavy atom. The zero-order chi connectivity index (χ0) is 18.5. The highest BCUT2D eigenvalue weighted by Crippen LogP contribution is 2.21. The van der Waals surface area contributed by atoms with Gasteiger partial charge in [-0.25, -0.2) is 9.18 Å². The minimum absolute atomic E-state index is 0.156. The zero-order valence-corrected chi connectivity index (χ0v) is 14.9. The molecule has 0 saturated carbocycles. The lowest BCUT2D eigenvalue weighted by Gasteiger charge is -2.03. The Morgan fingerprint density at radius 1 is 1.04 bits per heavy atom. The van der Waals surface area contributed by atoms with Crippen LogP contribution in [-0.2, 0) is 0 Å². The van der Waals surface area contributed by atoms with Crippen LogP contribution >= 0.6 is 22.9 Å². The van der Waals surface area contributed by atoms with Crippen LogP contribution in [0.1, 0.15) is 25.6 Å². The second-order valence-electron chi connectivity index (χ2n) is 5.22. The minimum Gasteiger partial charge on any atom is -0.422 e. The van der Waals surface area contributed by atoms with E-state index in [9.17, 15) is 14.0 Å². The number of hydrogen-bond donors (Lipinski definition) is 0. The summed E-state index contributed by atoms with van der Waals surface area (Å²) >= 11 is 7.21. The fourth-order valence-corrected chi connectivity index (χ4v) is 2.99. The van der Waals surface area contributed by atoms with Gasteiger partial charge in [-0.3, -0.25) is 4.79 Å². The van der Waals surface area contributed by atoms with Crippen molar-refractivity contribution in [2.45, 2.75) is 0 Å². The van der Waals surface area contributed by atoms with Crippen molar-refractivity contribution in [2.75, 3.05) is 0 Å². The van der Waals surface area contributed by atoms with Gasteiger partial charge in [-0.2, -0.15) is 0 Å². The van der Waals surface area contributed by atoms with E-state index in [1.165, 1.54) is 59.9 Å². The van der Waals surface area contributed by atoms with Gasteiger partial charge in [0.05, 0.1) is 5.02 Å². The monoisotopic (exact) mass is 386 g/mol. The lowest BCUT2D eigenvalue weighted by Crippen LogP contribution is -2.06. The number of ether oxygens (including phenoxy) is 1. The first kappa shape index (κ1) is 18.0. The molecule has 0 amide bonds. The second kappa shape index (κ2) is 8.08. The third kappa shape index (κ3) is 4.25. The Balaban J connectivity index is 1.69. The molecule has 0 bridgehead atoms. The number of carbonyl (C=O) groups excluding carboxylic acids is 2. The molecule has 0 radical (unpaired) electrons. The number of halogens is 2. The maximum Gasteiger partial charge on any atom is 0.353 e. The molecule has 1 heterocycles. The first-order valence-electron chi connectivity index (χ1n) is 7.57. The molecule has 0 fully saturated rings. The molecule has 0 unspecified atom stereocenters. The van der Waals surface area contributed by atoms with Gasteiger partial charge in [-0.05, 0) is 60.0 Å². The largest absolute Gasteiger partial charge is 0.422 e. The molecular weight excluding hydrogens is 375 g/mol.